The predicted octanol–water partition coefficient (Wildman–Crippen LogP) is 2.77. The fourth-order valence-electron chi connectivity index (χ4n) is 10.9. The van der Waals surface area contributed by atoms with Crippen LogP contribution in [0.2, 0.25) is 0 Å². The van der Waals surface area contributed by atoms with Crippen LogP contribution in [0, 0.1) is 35.5 Å². The first-order valence-corrected chi connectivity index (χ1v) is 31.1. The van der Waals surface area contributed by atoms with E-state index >= 15 is 9.59 Å². The molecule has 87 heavy (non-hydrogen) atoms. The van der Waals surface area contributed by atoms with Crippen LogP contribution >= 0.6 is 0 Å². The Balaban J connectivity index is 4.39. The third-order valence-electron chi connectivity index (χ3n) is 16.2. The van der Waals surface area contributed by atoms with Gasteiger partial charge in [-0.05, 0) is 102 Å². The van der Waals surface area contributed by atoms with E-state index in [9.17, 15) is 53.4 Å². The van der Waals surface area contributed by atoms with Crippen molar-refractivity contribution in [3.05, 3.63) is 12.2 Å². The molecule has 1 heterocycles. The van der Waals surface area contributed by atoms with Crippen molar-refractivity contribution >= 4 is 65.0 Å². The molecule has 498 valence electrons. The fourth-order valence-corrected chi connectivity index (χ4v) is 10.9. The highest BCUT2D eigenvalue weighted by Crippen LogP contribution is 2.26. The van der Waals surface area contributed by atoms with Crippen molar-refractivity contribution in [1.82, 2.24) is 55.6 Å². The Morgan fingerprint density at radius 3 is 1.43 bits per heavy atom. The molecule has 1 aliphatic heterocycles. The van der Waals surface area contributed by atoms with E-state index in [1.54, 1.807) is 60.6 Å². The number of hydrogen-bond acceptors (Lipinski definition) is 13. The predicted molar refractivity (Wildman–Crippen MR) is 335 cm³/mol. The van der Waals surface area contributed by atoms with Crippen LogP contribution in [-0.4, -0.2) is 237 Å². The molecule has 0 saturated carbocycles. The van der Waals surface area contributed by atoms with Gasteiger partial charge in [-0.25, -0.2) is 0 Å². The highest BCUT2D eigenvalue weighted by molar-refractivity contribution is 5.99. The summed E-state index contributed by atoms with van der Waals surface area (Å²) in [7, 11) is 9.71. The van der Waals surface area contributed by atoms with Gasteiger partial charge in [-0.2, -0.15) is 0 Å². The summed E-state index contributed by atoms with van der Waals surface area (Å²) in [5, 5.41) is 34.1. The monoisotopic (exact) mass is 1230 g/mol. The lowest BCUT2D eigenvalue weighted by atomic mass is 9.91. The Morgan fingerprint density at radius 2 is 0.966 bits per heavy atom. The number of rotatable bonds is 16. The molecule has 0 aliphatic carbocycles. The van der Waals surface area contributed by atoms with Crippen LogP contribution in [-0.2, 0) is 52.7 Å². The lowest BCUT2D eigenvalue weighted by Crippen LogP contribution is -2.63. The minimum Gasteiger partial charge on any atom is -0.390 e. The van der Waals surface area contributed by atoms with Crippen LogP contribution < -0.4 is 21.3 Å². The first-order chi connectivity index (χ1) is 40.0. The van der Waals surface area contributed by atoms with Crippen LogP contribution in [0.3, 0.4) is 0 Å². The number of hydrogen-bond donors (Lipinski definition) is 6. The van der Waals surface area contributed by atoms with Crippen LogP contribution in [0.15, 0.2) is 12.2 Å². The first-order valence-electron chi connectivity index (χ1n) is 31.1. The lowest BCUT2D eigenvalue weighted by Gasteiger charge is -2.41. The lowest BCUT2D eigenvalue weighted by molar-refractivity contribution is -0.157. The van der Waals surface area contributed by atoms with E-state index in [4.69, 9.17) is 0 Å². The van der Waals surface area contributed by atoms with E-state index in [2.05, 4.69) is 21.3 Å². The molecule has 0 aromatic rings. The van der Waals surface area contributed by atoms with Crippen molar-refractivity contribution in [3.8, 4) is 0 Å². The maximum absolute atomic E-state index is 15.2. The molecule has 6 N–H and O–H groups in total. The largest absolute Gasteiger partial charge is 0.390 e. The summed E-state index contributed by atoms with van der Waals surface area (Å²) in [4.78, 5) is 169. The molecule has 1 aliphatic rings. The van der Waals surface area contributed by atoms with Gasteiger partial charge in [-0.1, -0.05) is 102 Å². The van der Waals surface area contributed by atoms with Gasteiger partial charge in [0, 0.05) is 55.8 Å². The van der Waals surface area contributed by atoms with Crippen LogP contribution in [0.1, 0.15) is 163 Å². The molecule has 0 aromatic heterocycles. The Hall–Kier alpha value is -6.17. The van der Waals surface area contributed by atoms with Crippen molar-refractivity contribution in [1.29, 1.82) is 0 Å². The van der Waals surface area contributed by atoms with E-state index in [0.717, 1.165) is 14.7 Å². The summed E-state index contributed by atoms with van der Waals surface area (Å²) in [6, 6.07) is -12.9. The summed E-state index contributed by atoms with van der Waals surface area (Å²) >= 11 is 0. The number of aliphatic hydroxyl groups is 2. The van der Waals surface area contributed by atoms with Crippen LogP contribution in [0.5, 0.6) is 0 Å². The number of nitrogens with zero attached hydrogens (tertiary/aromatic N) is 7. The number of allylic oxidation sites excluding steroid dienone is 2. The van der Waals surface area contributed by atoms with E-state index < -0.39 is 161 Å². The topological polar surface area (TPSA) is 299 Å². The molecule has 12 atom stereocenters. The summed E-state index contributed by atoms with van der Waals surface area (Å²) in [5.74, 6) is -10.2. The van der Waals surface area contributed by atoms with Crippen molar-refractivity contribution in [3.63, 3.8) is 0 Å². The minimum atomic E-state index is -1.64. The van der Waals surface area contributed by atoms with Crippen LogP contribution in [0.4, 0.5) is 0 Å². The van der Waals surface area contributed by atoms with Gasteiger partial charge in [0.15, 0.2) is 0 Å². The highest BCUT2D eigenvalue weighted by Gasteiger charge is 2.46. The molecule has 24 heteroatoms. The average molecular weight is 1230 g/mol. The number of carbonyl (C=O) groups is 11. The van der Waals surface area contributed by atoms with Crippen LogP contribution in [0.25, 0.3) is 0 Å². The summed E-state index contributed by atoms with van der Waals surface area (Å²) in [6.07, 6.45) is 2.84. The maximum atomic E-state index is 15.2. The SMILES string of the molecule is C/C=C/C[C@@H](C)[C@@H](O)C1C(=O)N[C@@H](CCC)C(=O)N(C)CC(=O)N(C)[C@@H](CC(C)(C)O)C(=O)N[C@@H](C(C)C)C(=O)N(C)[C@@H](CC(C)C)C(=O)N[C@@H](C)C(=O)N[C@H](C)C(=O)N(C)[C@H](CC(C)C)C(=O)N(C)[C@@H](CC(C)C)C(=O)N(C)[C@@H](C(C)C)C(=O)N1C. The summed E-state index contributed by atoms with van der Waals surface area (Å²) < 4.78 is 0. The minimum absolute atomic E-state index is 0.0560. The second-order valence-corrected chi connectivity index (χ2v) is 26.9. The Kier molecular flexibility index (Phi) is 31.8. The Bertz CT molecular complexity index is 2390. The van der Waals surface area contributed by atoms with Gasteiger partial charge in [0.05, 0.1) is 18.2 Å². The summed E-state index contributed by atoms with van der Waals surface area (Å²) in [5.41, 5.74) is -1.55. The van der Waals surface area contributed by atoms with Gasteiger partial charge in [0.25, 0.3) is 0 Å². The molecule has 0 bridgehead atoms. The average Bonchev–Trinajstić information content (AvgIpc) is 2.66. The molecule has 24 nitrogen and oxygen atoms in total. The van der Waals surface area contributed by atoms with Gasteiger partial charge in [-0.3, -0.25) is 52.7 Å². The quantitative estimate of drug-likeness (QED) is 0.121. The fraction of sp³-hybridized carbons (Fsp3) is 0.794. The third kappa shape index (κ3) is 22.7. The van der Waals surface area contributed by atoms with E-state index in [-0.39, 0.29) is 49.9 Å². The molecule has 0 spiro atoms. The van der Waals surface area contributed by atoms with Gasteiger partial charge in [0.2, 0.25) is 65.0 Å². The Labute approximate surface area is 520 Å². The number of likely N-dealkylation sites (N-methyl/N-ethyl adjacent to an activating group) is 7. The van der Waals surface area contributed by atoms with E-state index in [0.29, 0.717) is 12.8 Å². The molecule has 0 aromatic carbocycles. The zero-order valence-electron chi connectivity index (χ0n) is 57.1. The number of aliphatic hydroxyl groups excluding tert-OH is 1. The molecule has 1 fully saturated rings. The van der Waals surface area contributed by atoms with Gasteiger partial charge < -0.3 is 65.8 Å². The van der Waals surface area contributed by atoms with Crippen molar-refractivity contribution in [2.45, 2.75) is 235 Å². The second kappa shape index (κ2) is 35.1. The zero-order chi connectivity index (χ0) is 67.6. The molecule has 0 radical (unpaired) electrons. The molecule has 11 amide bonds. The van der Waals surface area contributed by atoms with Gasteiger partial charge >= 0.3 is 0 Å². The number of carbonyl (C=O) groups excluding carboxylic acids is 11. The van der Waals surface area contributed by atoms with Crippen molar-refractivity contribution < 1.29 is 63.0 Å². The molecule has 1 rings (SSSR count). The second-order valence-electron chi connectivity index (χ2n) is 26.9. The highest BCUT2D eigenvalue weighted by atomic mass is 16.3. The maximum Gasteiger partial charge on any atom is 0.246 e. The normalized spacial score (nSPS) is 26.7. The van der Waals surface area contributed by atoms with Gasteiger partial charge in [0.1, 0.15) is 60.4 Å². The molecule has 1 saturated heterocycles. The van der Waals surface area contributed by atoms with Crippen molar-refractivity contribution in [2.24, 2.45) is 35.5 Å². The molecular weight excluding hydrogens is 1120 g/mol. The smallest absolute Gasteiger partial charge is 0.246 e. The summed E-state index contributed by atoms with van der Waals surface area (Å²) in [6.45, 7) is 28.3. The zero-order valence-corrected chi connectivity index (χ0v) is 57.1. The molecule has 1 unspecified atom stereocenters. The third-order valence-corrected chi connectivity index (χ3v) is 16.2. The first kappa shape index (κ1) is 78.8. The Morgan fingerprint density at radius 1 is 0.517 bits per heavy atom. The standard InChI is InChI=1S/C63H113N11O13/c1-25-27-29-40(13)52(76)51-56(80)66-43(28-26-2)58(82)68(18)34-48(75)69(19)47(33-63(16,17)87)55(79)67-49(38(9)10)61(85)70(20)44(30-35(3)4)54(78)64-41(14)53(77)65-42(15)57(81)71(21)45(31-36(5)6)59(83)72(22)46(32-37(7)8)60(84)73(23)50(39(11)12)62(86)74(51)24/h25,27,35-47,49-52,76,87H,26,28-34H2,1-24H3,(H,64,78)(H,65,77)(H,66,80)(H,67,79)/b27-25+/t40-,41+,42-,43+,44+,45-,46+,47+,49+,50+,51?,52-/m1/s1. The van der Waals surface area contributed by atoms with Gasteiger partial charge in [-0.15, -0.1) is 0 Å². The van der Waals surface area contributed by atoms with E-state index in [1.807, 2.05) is 41.5 Å². The van der Waals surface area contributed by atoms with E-state index in [1.165, 1.54) is 96.6 Å². The number of amides is 11. The van der Waals surface area contributed by atoms with Crippen molar-refractivity contribution in [2.75, 3.05) is 55.9 Å². The number of nitrogens with one attached hydrogen (secondary N) is 4. The molecular formula is C63H113N11O13.